The molecule has 0 saturated heterocycles. The van der Waals surface area contributed by atoms with E-state index in [0.29, 0.717) is 0 Å². The lowest BCUT2D eigenvalue weighted by atomic mass is 10.1. The molecule has 0 spiro atoms. The first kappa shape index (κ1) is 26.2. The second-order valence-electron chi connectivity index (χ2n) is 6.08. The monoisotopic (exact) mass is 404 g/mol. The topological polar surface area (TPSA) is 121 Å². The summed E-state index contributed by atoms with van der Waals surface area (Å²) in [5.74, 6) is -1.18. The second kappa shape index (κ2) is 16.2. The van der Waals surface area contributed by atoms with Crippen molar-refractivity contribution < 1.29 is 43.5 Å². The zero-order valence-electron chi connectivity index (χ0n) is 16.6. The van der Waals surface area contributed by atoms with Crippen molar-refractivity contribution >= 4 is 11.9 Å². The van der Waals surface area contributed by atoms with Gasteiger partial charge in [0.25, 0.3) is 0 Å². The summed E-state index contributed by atoms with van der Waals surface area (Å²) in [5.41, 5.74) is 0. The number of rotatable bonds is 17. The van der Waals surface area contributed by atoms with Gasteiger partial charge in [-0.1, -0.05) is 13.2 Å². The minimum Gasteiger partial charge on any atom is -0.460 e. The zero-order valence-corrected chi connectivity index (χ0v) is 16.6. The van der Waals surface area contributed by atoms with Gasteiger partial charge in [-0.15, -0.1) is 0 Å². The summed E-state index contributed by atoms with van der Waals surface area (Å²) in [4.78, 5) is 22.4. The molecule has 0 bridgehead atoms. The van der Waals surface area contributed by atoms with Crippen LogP contribution in [0.1, 0.15) is 20.3 Å². The highest BCUT2D eigenvalue weighted by molar-refractivity contribution is 5.81. The summed E-state index contributed by atoms with van der Waals surface area (Å²) in [6.07, 6.45) is 0.0962. The van der Waals surface area contributed by atoms with Gasteiger partial charge >= 0.3 is 11.9 Å². The van der Waals surface area contributed by atoms with E-state index < -0.39 is 30.3 Å². The number of hydrogen-bond acceptors (Lipinski definition) is 9. The summed E-state index contributed by atoms with van der Waals surface area (Å²) in [6, 6.07) is 0. The largest absolute Gasteiger partial charge is 0.460 e. The maximum absolute atomic E-state index is 11.5. The van der Waals surface area contributed by atoms with Gasteiger partial charge in [0.1, 0.15) is 12.7 Å². The van der Waals surface area contributed by atoms with Gasteiger partial charge in [-0.05, 0) is 13.8 Å². The summed E-state index contributed by atoms with van der Waals surface area (Å²) < 4.78 is 26.3. The first-order valence-corrected chi connectivity index (χ1v) is 9.04. The van der Waals surface area contributed by atoms with E-state index in [1.165, 1.54) is 0 Å². The highest BCUT2D eigenvalue weighted by Gasteiger charge is 2.21. The predicted molar refractivity (Wildman–Crippen MR) is 101 cm³/mol. The van der Waals surface area contributed by atoms with Crippen molar-refractivity contribution in [3.05, 3.63) is 25.3 Å². The second-order valence-corrected chi connectivity index (χ2v) is 6.08. The smallest absolute Gasteiger partial charge is 0.330 e. The van der Waals surface area contributed by atoms with Crippen LogP contribution in [-0.4, -0.2) is 86.2 Å². The Morgan fingerprint density at radius 2 is 1.64 bits per heavy atom. The van der Waals surface area contributed by atoms with Crippen molar-refractivity contribution in [2.45, 2.75) is 44.7 Å². The van der Waals surface area contributed by atoms with Crippen LogP contribution in [0.3, 0.4) is 0 Å². The van der Waals surface area contributed by atoms with Crippen LogP contribution in [-0.2, 0) is 33.3 Å². The van der Waals surface area contributed by atoms with Crippen LogP contribution in [0.15, 0.2) is 25.3 Å². The minimum atomic E-state index is -0.688. The third kappa shape index (κ3) is 14.3. The fraction of sp³-hybridized carbons (Fsp3) is 0.684. The maximum atomic E-state index is 11.5. The SMILES string of the molecule is C=CC(=O)OCCOCC(CC(CO)OCC(C)OCC(C)O)OC(=O)C=C. The minimum absolute atomic E-state index is 0.0269. The number of aliphatic hydroxyl groups excluding tert-OH is 2. The third-order valence-corrected chi connectivity index (χ3v) is 3.31. The van der Waals surface area contributed by atoms with Crippen LogP contribution >= 0.6 is 0 Å². The molecule has 0 rings (SSSR count). The number of esters is 2. The molecule has 0 aromatic heterocycles. The third-order valence-electron chi connectivity index (χ3n) is 3.31. The van der Waals surface area contributed by atoms with E-state index in [2.05, 4.69) is 13.2 Å². The fourth-order valence-corrected chi connectivity index (χ4v) is 1.95. The normalized spacial score (nSPS) is 15.1. The molecule has 162 valence electrons. The molecule has 0 aromatic carbocycles. The molecule has 9 nitrogen and oxygen atoms in total. The lowest BCUT2D eigenvalue weighted by Gasteiger charge is -2.24. The quantitative estimate of drug-likeness (QED) is 0.201. The molecule has 0 aliphatic carbocycles. The van der Waals surface area contributed by atoms with Crippen LogP contribution in [0.2, 0.25) is 0 Å². The highest BCUT2D eigenvalue weighted by Crippen LogP contribution is 2.10. The Morgan fingerprint density at radius 3 is 2.21 bits per heavy atom. The van der Waals surface area contributed by atoms with Crippen molar-refractivity contribution in [1.82, 2.24) is 0 Å². The summed E-state index contributed by atoms with van der Waals surface area (Å²) in [7, 11) is 0. The standard InChI is InChI=1S/C19H32O9/c1-5-18(22)25-8-7-24-13-17(28-19(23)6-2)9-16(10-20)27-12-15(4)26-11-14(3)21/h5-6,14-17,20-21H,1-2,7-13H2,3-4H3. The van der Waals surface area contributed by atoms with Gasteiger partial charge < -0.3 is 33.9 Å². The molecular formula is C19H32O9. The molecule has 0 fully saturated rings. The van der Waals surface area contributed by atoms with Crippen molar-refractivity contribution in [2.75, 3.05) is 39.6 Å². The van der Waals surface area contributed by atoms with Crippen molar-refractivity contribution in [3.63, 3.8) is 0 Å². The average Bonchev–Trinajstić information content (AvgIpc) is 2.68. The Balaban J connectivity index is 4.42. The Bertz CT molecular complexity index is 464. The number of ether oxygens (including phenoxy) is 5. The number of hydrogen-bond donors (Lipinski definition) is 2. The predicted octanol–water partition coefficient (Wildman–Crippen LogP) is 0.384. The number of aliphatic hydroxyl groups is 2. The van der Waals surface area contributed by atoms with Crippen LogP contribution in [0, 0.1) is 0 Å². The highest BCUT2D eigenvalue weighted by atomic mass is 16.6. The first-order valence-electron chi connectivity index (χ1n) is 9.04. The van der Waals surface area contributed by atoms with E-state index in [4.69, 9.17) is 23.7 Å². The summed E-state index contributed by atoms with van der Waals surface area (Å²) in [5, 5.41) is 18.7. The molecular weight excluding hydrogens is 372 g/mol. The van der Waals surface area contributed by atoms with Crippen LogP contribution in [0.4, 0.5) is 0 Å². The van der Waals surface area contributed by atoms with Gasteiger partial charge in [0.05, 0.1) is 51.3 Å². The van der Waals surface area contributed by atoms with Crippen molar-refractivity contribution in [3.8, 4) is 0 Å². The molecule has 4 atom stereocenters. The first-order chi connectivity index (χ1) is 13.3. The zero-order chi connectivity index (χ0) is 21.4. The lowest BCUT2D eigenvalue weighted by molar-refractivity contribution is -0.150. The van der Waals surface area contributed by atoms with E-state index in [1.807, 2.05) is 0 Å². The van der Waals surface area contributed by atoms with E-state index >= 15 is 0 Å². The molecule has 0 aliphatic rings. The van der Waals surface area contributed by atoms with E-state index in [1.54, 1.807) is 13.8 Å². The maximum Gasteiger partial charge on any atom is 0.330 e. The fourth-order valence-electron chi connectivity index (χ4n) is 1.95. The van der Waals surface area contributed by atoms with Crippen molar-refractivity contribution in [2.24, 2.45) is 0 Å². The molecule has 2 N–H and O–H groups in total. The van der Waals surface area contributed by atoms with Crippen LogP contribution in [0.5, 0.6) is 0 Å². The Morgan fingerprint density at radius 1 is 0.964 bits per heavy atom. The number of carbonyl (C=O) groups excluding carboxylic acids is 2. The van der Waals surface area contributed by atoms with Gasteiger partial charge in [-0.25, -0.2) is 9.59 Å². The molecule has 0 radical (unpaired) electrons. The van der Waals surface area contributed by atoms with Gasteiger partial charge in [-0.3, -0.25) is 0 Å². The van der Waals surface area contributed by atoms with E-state index in [-0.39, 0.29) is 52.2 Å². The molecule has 0 aromatic rings. The molecule has 0 heterocycles. The van der Waals surface area contributed by atoms with Gasteiger partial charge in [0, 0.05) is 18.6 Å². The molecule has 0 aliphatic heterocycles. The van der Waals surface area contributed by atoms with Gasteiger partial charge in [-0.2, -0.15) is 0 Å². The van der Waals surface area contributed by atoms with Crippen LogP contribution < -0.4 is 0 Å². The van der Waals surface area contributed by atoms with Crippen molar-refractivity contribution in [1.29, 1.82) is 0 Å². The Hall–Kier alpha value is -1.78. The summed E-state index contributed by atoms with van der Waals surface area (Å²) >= 11 is 0. The molecule has 0 saturated carbocycles. The average molecular weight is 404 g/mol. The van der Waals surface area contributed by atoms with E-state index in [9.17, 15) is 19.8 Å². The molecule has 9 heteroatoms. The Kier molecular flexibility index (Phi) is 15.2. The molecule has 0 amide bonds. The van der Waals surface area contributed by atoms with Gasteiger partial charge in [0.15, 0.2) is 0 Å². The van der Waals surface area contributed by atoms with Crippen LogP contribution in [0.25, 0.3) is 0 Å². The number of carbonyl (C=O) groups is 2. The molecule has 28 heavy (non-hydrogen) atoms. The Labute approximate surface area is 165 Å². The van der Waals surface area contributed by atoms with Gasteiger partial charge in [0.2, 0.25) is 0 Å². The lowest BCUT2D eigenvalue weighted by Crippen LogP contribution is -2.33. The summed E-state index contributed by atoms with van der Waals surface area (Å²) in [6.45, 7) is 10.3. The molecule has 4 unspecified atom stereocenters. The van der Waals surface area contributed by atoms with E-state index in [0.717, 1.165) is 12.2 Å².